The summed E-state index contributed by atoms with van der Waals surface area (Å²) >= 11 is 5.90. The molecule has 0 aromatic heterocycles. The molecule has 5 heteroatoms. The van der Waals surface area contributed by atoms with Gasteiger partial charge in [0.2, 0.25) is 0 Å². The van der Waals surface area contributed by atoms with E-state index < -0.39 is 5.97 Å². The standard InChI is InChI=1S/C21H19ClO4/c1-13(2)25-18-9-4-14(11-20(18)24-3)10-16-12-19(26-21(16)23)15-5-7-17(22)8-6-15/h4-13H,1-3H3/b16-10+. The molecule has 4 nitrogen and oxygen atoms in total. The molecule has 1 aliphatic rings. The number of benzene rings is 2. The lowest BCUT2D eigenvalue weighted by molar-refractivity contribution is -0.130. The first-order valence-corrected chi connectivity index (χ1v) is 8.60. The van der Waals surface area contributed by atoms with Crippen LogP contribution in [0.4, 0.5) is 0 Å². The third-order valence-electron chi connectivity index (χ3n) is 3.73. The number of methoxy groups -OCH3 is 1. The van der Waals surface area contributed by atoms with E-state index in [-0.39, 0.29) is 6.10 Å². The lowest BCUT2D eigenvalue weighted by Crippen LogP contribution is -2.06. The van der Waals surface area contributed by atoms with Gasteiger partial charge in [-0.25, -0.2) is 4.79 Å². The summed E-state index contributed by atoms with van der Waals surface area (Å²) in [4.78, 5) is 12.2. The average molecular weight is 371 g/mol. The Morgan fingerprint density at radius 3 is 2.46 bits per heavy atom. The van der Waals surface area contributed by atoms with Crippen molar-refractivity contribution in [2.45, 2.75) is 20.0 Å². The van der Waals surface area contributed by atoms with Crippen LogP contribution >= 0.6 is 11.6 Å². The average Bonchev–Trinajstić information content (AvgIpc) is 2.97. The first-order chi connectivity index (χ1) is 12.5. The van der Waals surface area contributed by atoms with Crippen LogP contribution in [0.5, 0.6) is 11.5 Å². The van der Waals surface area contributed by atoms with Gasteiger partial charge in [0, 0.05) is 10.6 Å². The number of hydrogen-bond acceptors (Lipinski definition) is 4. The minimum Gasteiger partial charge on any atom is -0.493 e. The summed E-state index contributed by atoms with van der Waals surface area (Å²) in [7, 11) is 1.59. The van der Waals surface area contributed by atoms with Crippen LogP contribution in [0.25, 0.3) is 11.8 Å². The summed E-state index contributed by atoms with van der Waals surface area (Å²) < 4.78 is 16.4. The second-order valence-corrected chi connectivity index (χ2v) is 6.52. The molecule has 0 aliphatic carbocycles. The van der Waals surface area contributed by atoms with Crippen LogP contribution in [-0.4, -0.2) is 19.2 Å². The highest BCUT2D eigenvalue weighted by Crippen LogP contribution is 2.32. The quantitative estimate of drug-likeness (QED) is 0.541. The van der Waals surface area contributed by atoms with E-state index in [1.165, 1.54) is 0 Å². The summed E-state index contributed by atoms with van der Waals surface area (Å²) in [6.45, 7) is 3.90. The predicted molar refractivity (Wildman–Crippen MR) is 102 cm³/mol. The molecule has 2 aromatic rings. The number of carbonyl (C=O) groups is 1. The van der Waals surface area contributed by atoms with Crippen LogP contribution in [0, 0.1) is 0 Å². The molecular formula is C21H19ClO4. The van der Waals surface area contributed by atoms with Gasteiger partial charge in [0.1, 0.15) is 5.76 Å². The van der Waals surface area contributed by atoms with Crippen molar-refractivity contribution in [3.05, 3.63) is 70.3 Å². The van der Waals surface area contributed by atoms with Crippen molar-refractivity contribution >= 4 is 29.4 Å². The number of hydrogen-bond donors (Lipinski definition) is 0. The monoisotopic (exact) mass is 370 g/mol. The first-order valence-electron chi connectivity index (χ1n) is 8.22. The van der Waals surface area contributed by atoms with Gasteiger partial charge in [0.25, 0.3) is 0 Å². The molecule has 3 rings (SSSR count). The van der Waals surface area contributed by atoms with Gasteiger partial charge in [0.05, 0.1) is 18.8 Å². The summed E-state index contributed by atoms with van der Waals surface area (Å²) in [6.07, 6.45) is 3.52. The molecule has 1 heterocycles. The Hall–Kier alpha value is -2.72. The topological polar surface area (TPSA) is 44.8 Å². The van der Waals surface area contributed by atoms with Crippen molar-refractivity contribution in [3.63, 3.8) is 0 Å². The van der Waals surface area contributed by atoms with Crippen LogP contribution in [0.1, 0.15) is 25.0 Å². The fraction of sp³-hybridized carbons (Fsp3) is 0.190. The minimum absolute atomic E-state index is 0.0442. The normalized spacial score (nSPS) is 15.2. The zero-order chi connectivity index (χ0) is 18.7. The molecule has 26 heavy (non-hydrogen) atoms. The molecule has 0 fully saturated rings. The van der Waals surface area contributed by atoms with Crippen LogP contribution in [-0.2, 0) is 9.53 Å². The third-order valence-corrected chi connectivity index (χ3v) is 3.98. The van der Waals surface area contributed by atoms with Crippen molar-refractivity contribution < 1.29 is 19.0 Å². The van der Waals surface area contributed by atoms with E-state index in [9.17, 15) is 4.79 Å². The Morgan fingerprint density at radius 1 is 1.08 bits per heavy atom. The molecule has 0 spiro atoms. The van der Waals surface area contributed by atoms with E-state index in [0.29, 0.717) is 27.9 Å². The van der Waals surface area contributed by atoms with Crippen molar-refractivity contribution in [3.8, 4) is 11.5 Å². The Morgan fingerprint density at radius 2 is 1.81 bits per heavy atom. The molecule has 1 aliphatic heterocycles. The summed E-state index contributed by atoms with van der Waals surface area (Å²) in [6, 6.07) is 12.7. The summed E-state index contributed by atoms with van der Waals surface area (Å²) in [5.74, 6) is 1.39. The number of cyclic esters (lactones) is 1. The summed E-state index contributed by atoms with van der Waals surface area (Å²) in [5, 5.41) is 0.630. The van der Waals surface area contributed by atoms with Crippen molar-refractivity contribution in [1.82, 2.24) is 0 Å². The molecule has 0 radical (unpaired) electrons. The number of esters is 1. The lowest BCUT2D eigenvalue weighted by Gasteiger charge is -2.13. The van der Waals surface area contributed by atoms with Gasteiger partial charge in [-0.2, -0.15) is 0 Å². The fourth-order valence-electron chi connectivity index (χ4n) is 2.55. The lowest BCUT2D eigenvalue weighted by atomic mass is 10.1. The van der Waals surface area contributed by atoms with Gasteiger partial charge >= 0.3 is 5.97 Å². The molecule has 0 N–H and O–H groups in total. The van der Waals surface area contributed by atoms with Gasteiger partial charge in [-0.1, -0.05) is 17.7 Å². The smallest absolute Gasteiger partial charge is 0.343 e. The van der Waals surface area contributed by atoms with Gasteiger partial charge in [-0.15, -0.1) is 0 Å². The second kappa shape index (κ2) is 7.67. The van der Waals surface area contributed by atoms with Crippen molar-refractivity contribution in [2.75, 3.05) is 7.11 Å². The Kier molecular flexibility index (Phi) is 5.33. The number of carbonyl (C=O) groups excluding carboxylic acids is 1. The molecular weight excluding hydrogens is 352 g/mol. The van der Waals surface area contributed by atoms with Gasteiger partial charge in [-0.3, -0.25) is 0 Å². The third kappa shape index (κ3) is 4.09. The highest BCUT2D eigenvalue weighted by molar-refractivity contribution is 6.30. The van der Waals surface area contributed by atoms with Crippen molar-refractivity contribution in [1.29, 1.82) is 0 Å². The maximum absolute atomic E-state index is 12.2. The maximum Gasteiger partial charge on any atom is 0.343 e. The molecule has 134 valence electrons. The zero-order valence-electron chi connectivity index (χ0n) is 14.8. The Bertz CT molecular complexity index is 879. The van der Waals surface area contributed by atoms with E-state index in [0.717, 1.165) is 11.1 Å². The van der Waals surface area contributed by atoms with Crippen LogP contribution < -0.4 is 9.47 Å². The molecule has 0 atom stereocenters. The van der Waals surface area contributed by atoms with Gasteiger partial charge in [0.15, 0.2) is 11.5 Å². The summed E-state index contributed by atoms with van der Waals surface area (Å²) in [5.41, 5.74) is 2.08. The molecule has 0 saturated carbocycles. The van der Waals surface area contributed by atoms with E-state index in [4.69, 9.17) is 25.8 Å². The number of ether oxygens (including phenoxy) is 3. The SMILES string of the molecule is COc1cc(/C=C2\C=C(c3ccc(Cl)cc3)OC2=O)ccc1OC(C)C. The predicted octanol–water partition coefficient (Wildman–Crippen LogP) is 5.12. The zero-order valence-corrected chi connectivity index (χ0v) is 15.5. The highest BCUT2D eigenvalue weighted by Gasteiger charge is 2.22. The van der Waals surface area contributed by atoms with E-state index >= 15 is 0 Å². The van der Waals surface area contributed by atoms with Gasteiger partial charge < -0.3 is 14.2 Å². The molecule has 0 saturated heterocycles. The Labute approximate surface area is 157 Å². The van der Waals surface area contributed by atoms with Crippen LogP contribution in [0.15, 0.2) is 54.1 Å². The minimum atomic E-state index is -0.392. The highest BCUT2D eigenvalue weighted by atomic mass is 35.5. The van der Waals surface area contributed by atoms with Gasteiger partial charge in [-0.05, 0) is 68.0 Å². The largest absolute Gasteiger partial charge is 0.493 e. The number of rotatable bonds is 5. The fourth-order valence-corrected chi connectivity index (χ4v) is 2.68. The molecule has 0 unspecified atom stereocenters. The van der Waals surface area contributed by atoms with E-state index in [1.807, 2.05) is 44.2 Å². The van der Waals surface area contributed by atoms with Crippen LogP contribution in [0.2, 0.25) is 5.02 Å². The molecule has 0 bridgehead atoms. The molecule has 2 aromatic carbocycles. The Balaban J connectivity index is 1.89. The first kappa shape index (κ1) is 18.1. The number of halogens is 1. The van der Waals surface area contributed by atoms with E-state index in [2.05, 4.69) is 0 Å². The van der Waals surface area contributed by atoms with Crippen LogP contribution in [0.3, 0.4) is 0 Å². The second-order valence-electron chi connectivity index (χ2n) is 6.08. The van der Waals surface area contributed by atoms with Crippen molar-refractivity contribution in [2.24, 2.45) is 0 Å². The molecule has 0 amide bonds. The maximum atomic E-state index is 12.2. The van der Waals surface area contributed by atoms with E-state index in [1.54, 1.807) is 31.4 Å².